The van der Waals surface area contributed by atoms with Crippen LogP contribution in [0.2, 0.25) is 0 Å². The monoisotopic (exact) mass is 288 g/mol. The van der Waals surface area contributed by atoms with E-state index in [1.807, 2.05) is 66.9 Å². The van der Waals surface area contributed by atoms with Crippen LogP contribution in [-0.2, 0) is 0 Å². The fraction of sp³-hybridized carbons (Fsp3) is 0.111. The third-order valence-electron chi connectivity index (χ3n) is 3.77. The molecule has 1 N–H and O–H groups in total. The van der Waals surface area contributed by atoms with E-state index in [1.165, 1.54) is 0 Å². The Hall–Kier alpha value is -3.06. The molecule has 0 aliphatic heterocycles. The van der Waals surface area contributed by atoms with Crippen LogP contribution in [0.15, 0.2) is 53.8 Å². The van der Waals surface area contributed by atoms with E-state index < -0.39 is 0 Å². The van der Waals surface area contributed by atoms with Crippen LogP contribution in [0.3, 0.4) is 0 Å². The molecular formula is C18H16N4. The molecule has 0 fully saturated rings. The van der Waals surface area contributed by atoms with E-state index in [2.05, 4.69) is 16.6 Å². The van der Waals surface area contributed by atoms with Gasteiger partial charge in [0.15, 0.2) is 0 Å². The Kier molecular flexibility index (Phi) is 3.63. The Labute approximate surface area is 129 Å². The van der Waals surface area contributed by atoms with E-state index in [1.54, 1.807) is 6.21 Å². The molecule has 0 amide bonds. The molecule has 0 spiro atoms. The van der Waals surface area contributed by atoms with E-state index in [4.69, 9.17) is 0 Å². The predicted octanol–water partition coefficient (Wildman–Crippen LogP) is 3.87. The number of para-hydroxylation sites is 1. The number of rotatable bonds is 3. The van der Waals surface area contributed by atoms with Crippen molar-refractivity contribution in [3.63, 3.8) is 0 Å². The number of nitrogens with zero attached hydrogens (tertiary/aromatic N) is 3. The summed E-state index contributed by atoms with van der Waals surface area (Å²) >= 11 is 0. The van der Waals surface area contributed by atoms with E-state index in [-0.39, 0.29) is 0 Å². The Bertz CT molecular complexity index is 897. The summed E-state index contributed by atoms with van der Waals surface area (Å²) in [5.41, 5.74) is 8.68. The van der Waals surface area contributed by atoms with Gasteiger partial charge in [0.25, 0.3) is 0 Å². The molecule has 2 aromatic heterocycles. The zero-order valence-corrected chi connectivity index (χ0v) is 12.5. The summed E-state index contributed by atoms with van der Waals surface area (Å²) < 4.78 is 1.89. The lowest BCUT2D eigenvalue weighted by Crippen LogP contribution is -1.93. The van der Waals surface area contributed by atoms with Gasteiger partial charge in [-0.2, -0.15) is 10.4 Å². The molecule has 0 aliphatic carbocycles. The number of nitrogens with one attached hydrogen (secondary N) is 1. The van der Waals surface area contributed by atoms with Gasteiger partial charge in [-0.25, -0.2) is 0 Å². The molecule has 0 radical (unpaired) electrons. The molecule has 0 aliphatic rings. The lowest BCUT2D eigenvalue weighted by atomic mass is 10.1. The van der Waals surface area contributed by atoms with Gasteiger partial charge in [0.2, 0.25) is 0 Å². The van der Waals surface area contributed by atoms with Crippen LogP contribution >= 0.6 is 0 Å². The smallest absolute Gasteiger partial charge is 0.128 e. The molecule has 2 heterocycles. The number of aromatic nitrogens is 1. The molecule has 0 unspecified atom stereocenters. The summed E-state index contributed by atoms with van der Waals surface area (Å²) in [7, 11) is 0. The maximum absolute atomic E-state index is 9.34. The van der Waals surface area contributed by atoms with Crippen molar-refractivity contribution in [2.45, 2.75) is 13.8 Å². The van der Waals surface area contributed by atoms with Crippen molar-refractivity contribution in [1.29, 1.82) is 5.26 Å². The minimum Gasteiger partial charge on any atom is -0.307 e. The summed E-state index contributed by atoms with van der Waals surface area (Å²) in [4.78, 5) is 0. The highest BCUT2D eigenvalue weighted by molar-refractivity contribution is 5.93. The quantitative estimate of drug-likeness (QED) is 0.587. The Morgan fingerprint density at radius 1 is 1.14 bits per heavy atom. The highest BCUT2D eigenvalue weighted by atomic mass is 15.3. The fourth-order valence-electron chi connectivity index (χ4n) is 2.52. The average Bonchev–Trinajstić information content (AvgIpc) is 2.81. The highest BCUT2D eigenvalue weighted by Gasteiger charge is 2.12. The van der Waals surface area contributed by atoms with Crippen LogP contribution in [0.25, 0.3) is 5.52 Å². The summed E-state index contributed by atoms with van der Waals surface area (Å²) in [6, 6.07) is 16.1. The van der Waals surface area contributed by atoms with Gasteiger partial charge in [-0.05, 0) is 43.2 Å². The minimum absolute atomic E-state index is 0.646. The summed E-state index contributed by atoms with van der Waals surface area (Å²) in [5.74, 6) is 0. The molecule has 4 heteroatoms. The van der Waals surface area contributed by atoms with Crippen LogP contribution in [-0.4, -0.2) is 10.6 Å². The predicted molar refractivity (Wildman–Crippen MR) is 89.2 cm³/mol. The molecule has 0 atom stereocenters. The molecule has 0 saturated heterocycles. The molecule has 22 heavy (non-hydrogen) atoms. The first-order valence-electron chi connectivity index (χ1n) is 7.07. The first kappa shape index (κ1) is 13.9. The summed E-state index contributed by atoms with van der Waals surface area (Å²) in [6.45, 7) is 3.98. The maximum atomic E-state index is 9.34. The van der Waals surface area contributed by atoms with Crippen molar-refractivity contribution in [1.82, 2.24) is 4.40 Å². The first-order chi connectivity index (χ1) is 10.7. The van der Waals surface area contributed by atoms with Gasteiger partial charge in [-0.1, -0.05) is 24.3 Å². The molecule has 0 bridgehead atoms. The Morgan fingerprint density at radius 2 is 1.91 bits per heavy atom. The normalized spacial score (nSPS) is 11.0. The molecule has 4 nitrogen and oxygen atoms in total. The SMILES string of the molecule is Cc1ccccc1NN=Cc1c(C)c(C#N)n2ccccc12. The van der Waals surface area contributed by atoms with Gasteiger partial charge in [0, 0.05) is 11.8 Å². The zero-order chi connectivity index (χ0) is 15.5. The van der Waals surface area contributed by atoms with E-state index in [0.717, 1.165) is 27.9 Å². The van der Waals surface area contributed by atoms with Gasteiger partial charge in [-0.15, -0.1) is 0 Å². The maximum Gasteiger partial charge on any atom is 0.128 e. The standard InChI is InChI=1S/C18H16N4/c1-13-7-3-4-8-16(13)21-20-12-15-14(2)18(11-19)22-10-6-5-9-17(15)22/h3-10,12,21H,1-2H3. The number of benzene rings is 1. The van der Waals surface area contributed by atoms with Gasteiger partial charge >= 0.3 is 0 Å². The number of hydrazone groups is 1. The van der Waals surface area contributed by atoms with Crippen molar-refractivity contribution in [3.05, 3.63) is 71.0 Å². The molecule has 0 saturated carbocycles. The van der Waals surface area contributed by atoms with Gasteiger partial charge in [0.1, 0.15) is 11.8 Å². The van der Waals surface area contributed by atoms with E-state index in [0.29, 0.717) is 5.69 Å². The third-order valence-corrected chi connectivity index (χ3v) is 3.77. The van der Waals surface area contributed by atoms with Gasteiger partial charge < -0.3 is 4.40 Å². The second-order valence-electron chi connectivity index (χ2n) is 5.14. The topological polar surface area (TPSA) is 52.6 Å². The number of aryl methyl sites for hydroxylation is 1. The second-order valence-corrected chi connectivity index (χ2v) is 5.14. The van der Waals surface area contributed by atoms with Crippen LogP contribution in [0, 0.1) is 25.2 Å². The molecule has 3 aromatic rings. The number of hydrogen-bond acceptors (Lipinski definition) is 3. The molecule has 108 valence electrons. The number of anilines is 1. The number of fused-ring (bicyclic) bond motifs is 1. The highest BCUT2D eigenvalue weighted by Crippen LogP contribution is 2.21. The van der Waals surface area contributed by atoms with Gasteiger partial charge in [-0.3, -0.25) is 5.43 Å². The number of hydrogen-bond donors (Lipinski definition) is 1. The number of pyridine rings is 1. The average molecular weight is 288 g/mol. The van der Waals surface area contributed by atoms with Crippen molar-refractivity contribution >= 4 is 17.4 Å². The van der Waals surface area contributed by atoms with Crippen LogP contribution < -0.4 is 5.43 Å². The Balaban J connectivity index is 1.98. The third kappa shape index (κ3) is 2.33. The van der Waals surface area contributed by atoms with Crippen molar-refractivity contribution in [2.24, 2.45) is 5.10 Å². The first-order valence-corrected chi connectivity index (χ1v) is 7.07. The van der Waals surface area contributed by atoms with Crippen LogP contribution in [0.4, 0.5) is 5.69 Å². The lowest BCUT2D eigenvalue weighted by molar-refractivity contribution is 1.14. The zero-order valence-electron chi connectivity index (χ0n) is 12.5. The van der Waals surface area contributed by atoms with E-state index in [9.17, 15) is 5.26 Å². The minimum atomic E-state index is 0.646. The number of nitriles is 1. The van der Waals surface area contributed by atoms with Crippen LogP contribution in [0.5, 0.6) is 0 Å². The van der Waals surface area contributed by atoms with Crippen molar-refractivity contribution in [2.75, 3.05) is 5.43 Å². The van der Waals surface area contributed by atoms with Crippen molar-refractivity contribution in [3.8, 4) is 6.07 Å². The fourth-order valence-corrected chi connectivity index (χ4v) is 2.52. The molecule has 1 aromatic carbocycles. The van der Waals surface area contributed by atoms with Crippen molar-refractivity contribution < 1.29 is 0 Å². The summed E-state index contributed by atoms with van der Waals surface area (Å²) in [6.07, 6.45) is 3.67. The summed E-state index contributed by atoms with van der Waals surface area (Å²) in [5, 5.41) is 13.7. The second kappa shape index (κ2) is 5.74. The van der Waals surface area contributed by atoms with Gasteiger partial charge in [0.05, 0.1) is 17.4 Å². The lowest BCUT2D eigenvalue weighted by Gasteiger charge is -2.03. The van der Waals surface area contributed by atoms with Crippen LogP contribution in [0.1, 0.15) is 22.4 Å². The van der Waals surface area contributed by atoms with E-state index >= 15 is 0 Å². The largest absolute Gasteiger partial charge is 0.307 e. The molecule has 3 rings (SSSR count). The molecular weight excluding hydrogens is 272 g/mol. The Morgan fingerprint density at radius 3 is 2.68 bits per heavy atom.